The predicted octanol–water partition coefficient (Wildman–Crippen LogP) is -5.79. The van der Waals surface area contributed by atoms with Crippen molar-refractivity contribution in [2.75, 3.05) is 5.73 Å². The van der Waals surface area contributed by atoms with Gasteiger partial charge in [0.25, 0.3) is 0 Å². The van der Waals surface area contributed by atoms with Crippen LogP contribution in [0.15, 0.2) is 73.7 Å². The molecule has 0 bridgehead atoms. The average Bonchev–Trinajstić information content (AvgIpc) is 2.95. The maximum absolute atomic E-state index is 13.3. The average molecular weight is 825 g/mol. The number of carboxylic acid groups (broad SMARTS) is 1. The van der Waals surface area contributed by atoms with E-state index >= 15 is 0 Å². The van der Waals surface area contributed by atoms with Crippen LogP contribution in [-0.2, 0) is 30.4 Å². The largest absolute Gasteiger partial charge is 1.00 e. The van der Waals surface area contributed by atoms with E-state index in [0.717, 1.165) is 42.5 Å². The first-order valence-corrected chi connectivity index (χ1v) is 17.4. The van der Waals surface area contributed by atoms with E-state index in [9.17, 15) is 53.6 Å². The summed E-state index contributed by atoms with van der Waals surface area (Å²) in [5.74, 6) is -4.45. The number of hydrogen-bond donors (Lipinski definition) is 3. The summed E-state index contributed by atoms with van der Waals surface area (Å²) in [7, 11) is -16.1. The van der Waals surface area contributed by atoms with Crippen LogP contribution < -0.4 is 104 Å². The Hall–Kier alpha value is -1.60. The molecule has 0 amide bonds. The smallest absolute Gasteiger partial charge is 0.744 e. The number of carbonyl (C=O) groups is 2. The molecule has 2 aliphatic rings. The van der Waals surface area contributed by atoms with Gasteiger partial charge in [0.2, 0.25) is 0 Å². The molecule has 0 fully saturated rings. The summed E-state index contributed by atoms with van der Waals surface area (Å²) < 4.78 is 118. The van der Waals surface area contributed by atoms with Gasteiger partial charge in [0.1, 0.15) is 40.1 Å². The normalized spacial score (nSPS) is 11.6. The van der Waals surface area contributed by atoms with Gasteiger partial charge in [-0.1, -0.05) is 23.2 Å². The second-order valence-corrected chi connectivity index (χ2v) is 14.5. The fourth-order valence-corrected chi connectivity index (χ4v) is 7.44. The monoisotopic (exact) mass is 824 g/mol. The zero-order valence-electron chi connectivity index (χ0n) is 26.0. The van der Waals surface area contributed by atoms with E-state index in [1.54, 1.807) is 0 Å². The Bertz CT molecular complexity index is 2610. The third-order valence-corrected chi connectivity index (χ3v) is 9.91. The Morgan fingerprint density at radius 3 is 1.86 bits per heavy atom. The molecule has 51 heavy (non-hydrogen) atoms. The molecule has 16 nitrogen and oxygen atoms in total. The molecule has 1 aliphatic carbocycles. The minimum Gasteiger partial charge on any atom is -0.744 e. The van der Waals surface area contributed by atoms with E-state index in [1.165, 1.54) is 0 Å². The number of carbonyl (C=O) groups excluding carboxylic acids is 1. The van der Waals surface area contributed by atoms with Gasteiger partial charge in [-0.2, -0.15) is 0 Å². The first kappa shape index (κ1) is 45.6. The van der Waals surface area contributed by atoms with E-state index in [4.69, 9.17) is 43.5 Å². The van der Waals surface area contributed by atoms with Crippen molar-refractivity contribution in [3.05, 3.63) is 81.1 Å². The Morgan fingerprint density at radius 2 is 1.35 bits per heavy atom. The number of anilines is 1. The zero-order chi connectivity index (χ0) is 35.7. The van der Waals surface area contributed by atoms with Crippen molar-refractivity contribution in [1.82, 2.24) is 0 Å². The van der Waals surface area contributed by atoms with E-state index in [1.807, 2.05) is 0 Å². The Morgan fingerprint density at radius 1 is 0.784 bits per heavy atom. The van der Waals surface area contributed by atoms with Gasteiger partial charge in [-0.05, 0) is 60.2 Å². The van der Waals surface area contributed by atoms with Gasteiger partial charge in [-0.3, -0.25) is 5.41 Å². The molecular weight excluding hydrogens is 812 g/mol. The number of nitrogen functional groups attached to an aromatic ring is 1. The Labute approximate surface area is 364 Å². The van der Waals surface area contributed by atoms with E-state index < -0.39 is 112 Å². The van der Waals surface area contributed by atoms with Crippen molar-refractivity contribution in [3.8, 4) is 28.2 Å². The van der Waals surface area contributed by atoms with Crippen LogP contribution in [-0.4, -0.2) is 56.0 Å². The standard InChI is InChI=1S/C27H16Cl2N2O14S3.3Na/c28-16-8-11(46(35,36)37)9-17(29)23(16)45-27(34)10-1-2-12(26(32)33)15(7-10)20-13-3-5-18(30)24(47(38,39)40)21(13)44-22-14(20)4-6-19(31)25(22)48(41,42)43;;;/h1-9,30H,31H2,(H,32,33)(H,35,36,37)(H,38,39,40)(H,41,42,43);;;/q;3*+1/p-3. The number of carboxylic acids is 1. The molecule has 3 aromatic carbocycles. The second-order valence-electron chi connectivity index (χ2n) is 9.69. The second kappa shape index (κ2) is 16.4. The van der Waals surface area contributed by atoms with Crippen molar-refractivity contribution in [2.24, 2.45) is 0 Å². The van der Waals surface area contributed by atoms with Crippen LogP contribution in [0.2, 0.25) is 10.0 Å². The van der Waals surface area contributed by atoms with Crippen molar-refractivity contribution >= 4 is 82.2 Å². The fraction of sp³-hybridized carbons (Fsp3) is 0. The molecule has 0 unspecified atom stereocenters. The SMILES string of the molecule is N=c1ccc2c(-c3cc(C(=O)Oc4c(Cl)cc(S(=O)(=O)[O-])cc4Cl)ccc3C(=O)O)c3ccc(N)c(S(=O)(=O)[O-])c3oc-2c1S(=O)(=O)[O-].[Na+].[Na+].[Na+]. The number of nitrogens with one attached hydrogen (secondary N) is 1. The Kier molecular flexibility index (Phi) is 14.7. The van der Waals surface area contributed by atoms with Gasteiger partial charge < -0.3 is 33.7 Å². The molecule has 0 spiro atoms. The van der Waals surface area contributed by atoms with Gasteiger partial charge in [0.05, 0.1) is 37.1 Å². The van der Waals surface area contributed by atoms with Crippen LogP contribution >= 0.6 is 23.2 Å². The first-order chi connectivity index (χ1) is 22.1. The van der Waals surface area contributed by atoms with Gasteiger partial charge in [0.15, 0.2) is 17.1 Å². The molecule has 1 aliphatic heterocycles. The Balaban J connectivity index is 0.00000300. The summed E-state index contributed by atoms with van der Waals surface area (Å²) in [6, 6.07) is 8.06. The number of nitrogens with two attached hydrogens (primary N) is 1. The van der Waals surface area contributed by atoms with Crippen LogP contribution in [0.4, 0.5) is 5.69 Å². The number of rotatable bonds is 7. The fourth-order valence-electron chi connectivity index (χ4n) is 4.77. The molecular formula is C27H13Cl2N2Na3O14S3. The molecule has 3 aromatic rings. The molecule has 4 N–H and O–H groups in total. The molecule has 0 saturated carbocycles. The third kappa shape index (κ3) is 9.03. The van der Waals surface area contributed by atoms with Crippen LogP contribution in [0.5, 0.6) is 5.75 Å². The topological polar surface area (TPSA) is 298 Å². The molecule has 1 heterocycles. The number of benzene rings is 4. The van der Waals surface area contributed by atoms with Crippen molar-refractivity contribution < 1.29 is 151 Å². The van der Waals surface area contributed by atoms with E-state index in [-0.39, 0.29) is 105 Å². The molecule has 0 radical (unpaired) electrons. The minimum atomic E-state index is -5.55. The number of hydrogen-bond acceptors (Lipinski definition) is 15. The number of aromatic carboxylic acids is 1. The molecule has 24 heteroatoms. The number of esters is 1. The molecule has 250 valence electrons. The summed E-state index contributed by atoms with van der Waals surface area (Å²) >= 11 is 12.0. The number of ether oxygens (including phenoxy) is 1. The van der Waals surface area contributed by atoms with Crippen LogP contribution in [0.3, 0.4) is 0 Å². The zero-order valence-corrected chi connectivity index (χ0v) is 36.0. The minimum absolute atomic E-state index is 0. The molecule has 0 saturated heterocycles. The summed E-state index contributed by atoms with van der Waals surface area (Å²) in [4.78, 5) is 22.4. The summed E-state index contributed by atoms with van der Waals surface area (Å²) in [5.41, 5.74) is 1.93. The van der Waals surface area contributed by atoms with E-state index in [0.29, 0.717) is 12.1 Å². The third-order valence-electron chi connectivity index (χ3n) is 6.71. The van der Waals surface area contributed by atoms with Crippen LogP contribution in [0.1, 0.15) is 20.7 Å². The van der Waals surface area contributed by atoms with Crippen molar-refractivity contribution in [1.29, 1.82) is 5.41 Å². The van der Waals surface area contributed by atoms with Crippen LogP contribution in [0.25, 0.3) is 33.4 Å². The quantitative estimate of drug-likeness (QED) is 0.0344. The van der Waals surface area contributed by atoms with Crippen molar-refractivity contribution in [2.45, 2.75) is 14.7 Å². The number of halogens is 2. The van der Waals surface area contributed by atoms with Gasteiger partial charge in [0, 0.05) is 16.5 Å². The molecule has 0 atom stereocenters. The summed E-state index contributed by atoms with van der Waals surface area (Å²) in [6.45, 7) is 0. The van der Waals surface area contributed by atoms with Gasteiger partial charge >= 0.3 is 101 Å². The van der Waals surface area contributed by atoms with Gasteiger partial charge in [-0.25, -0.2) is 34.8 Å². The molecule has 0 aromatic heterocycles. The summed E-state index contributed by atoms with van der Waals surface area (Å²) in [6.07, 6.45) is 0. The maximum atomic E-state index is 13.3. The summed E-state index contributed by atoms with van der Waals surface area (Å²) in [5, 5.41) is 15.7. The first-order valence-electron chi connectivity index (χ1n) is 12.4. The van der Waals surface area contributed by atoms with Crippen LogP contribution in [0, 0.1) is 5.41 Å². The molecule has 5 rings (SSSR count). The maximum Gasteiger partial charge on any atom is 1.00 e. The van der Waals surface area contributed by atoms with E-state index in [2.05, 4.69) is 0 Å². The van der Waals surface area contributed by atoms with Gasteiger partial charge in [-0.15, -0.1) is 0 Å². The van der Waals surface area contributed by atoms with Crippen molar-refractivity contribution in [3.63, 3.8) is 0 Å². The predicted molar refractivity (Wildman–Crippen MR) is 161 cm³/mol. The number of fused-ring (bicyclic) bond motifs is 2.